The Morgan fingerprint density at radius 2 is 2.00 bits per heavy atom. The second-order valence-corrected chi connectivity index (χ2v) is 8.61. The van der Waals surface area contributed by atoms with Gasteiger partial charge >= 0.3 is 0 Å². The molecule has 1 aliphatic heterocycles. The largest absolute Gasteiger partial charge is 0.389 e. The highest BCUT2D eigenvalue weighted by Crippen LogP contribution is 2.45. The Morgan fingerprint density at radius 3 is 2.72 bits per heavy atom. The summed E-state index contributed by atoms with van der Waals surface area (Å²) in [5.41, 5.74) is 2.32. The number of anilines is 1. The molecule has 0 spiro atoms. The molecule has 5 rings (SSSR count). The lowest BCUT2D eigenvalue weighted by molar-refractivity contribution is -0.00597. The molecular formula is C20H22F2N4O2S. The van der Waals surface area contributed by atoms with Crippen LogP contribution in [0, 0.1) is 0 Å². The van der Waals surface area contributed by atoms with E-state index in [1.54, 1.807) is 4.90 Å². The van der Waals surface area contributed by atoms with Gasteiger partial charge in [0, 0.05) is 36.2 Å². The summed E-state index contributed by atoms with van der Waals surface area (Å²) in [5, 5.41) is 20.4. The molecular weight excluding hydrogens is 398 g/mol. The normalized spacial score (nSPS) is 25.1. The molecule has 2 aromatic rings. The first-order valence-electron chi connectivity index (χ1n) is 9.69. The summed E-state index contributed by atoms with van der Waals surface area (Å²) in [6.07, 6.45) is 2.61. The van der Waals surface area contributed by atoms with Crippen molar-refractivity contribution in [2.75, 3.05) is 24.2 Å². The third-order valence-corrected chi connectivity index (χ3v) is 6.57. The Balaban J connectivity index is 1.60. The second kappa shape index (κ2) is 6.60. The van der Waals surface area contributed by atoms with Crippen molar-refractivity contribution in [1.82, 2.24) is 14.7 Å². The molecule has 1 unspecified atom stereocenters. The molecule has 0 amide bonds. The van der Waals surface area contributed by atoms with Crippen molar-refractivity contribution in [2.45, 2.75) is 43.4 Å². The van der Waals surface area contributed by atoms with Crippen LogP contribution in [0.5, 0.6) is 0 Å². The molecule has 9 heteroatoms. The van der Waals surface area contributed by atoms with Crippen LogP contribution in [0.4, 0.5) is 14.7 Å². The molecule has 6 nitrogen and oxygen atoms in total. The molecule has 0 radical (unpaired) electrons. The number of aliphatic hydroxyl groups is 2. The van der Waals surface area contributed by atoms with Gasteiger partial charge in [-0.2, -0.15) is 8.78 Å². The third-order valence-electron chi connectivity index (χ3n) is 6.03. The summed E-state index contributed by atoms with van der Waals surface area (Å²) in [4.78, 5) is 10.5. The highest BCUT2D eigenvalue weighted by atomic mass is 32.2. The number of nitrogens with one attached hydrogen (secondary N) is 1. The lowest BCUT2D eigenvalue weighted by atomic mass is 9.99. The predicted molar refractivity (Wildman–Crippen MR) is 107 cm³/mol. The Morgan fingerprint density at radius 1 is 1.21 bits per heavy atom. The summed E-state index contributed by atoms with van der Waals surface area (Å²) in [7, 11) is 0. The van der Waals surface area contributed by atoms with Crippen molar-refractivity contribution in [2.24, 2.45) is 0 Å². The van der Waals surface area contributed by atoms with Crippen molar-refractivity contribution < 1.29 is 19.0 Å². The Hall–Kier alpha value is -1.81. The minimum atomic E-state index is -2.97. The molecule has 0 bridgehead atoms. The number of benzene rings is 1. The van der Waals surface area contributed by atoms with Gasteiger partial charge in [-0.05, 0) is 37.1 Å². The zero-order valence-electron chi connectivity index (χ0n) is 16.0. The van der Waals surface area contributed by atoms with Gasteiger partial charge in [0.05, 0.1) is 11.8 Å². The predicted octanol–water partition coefficient (Wildman–Crippen LogP) is 2.32. The van der Waals surface area contributed by atoms with E-state index in [4.69, 9.17) is 0 Å². The second-order valence-electron chi connectivity index (χ2n) is 8.00. The van der Waals surface area contributed by atoms with Crippen LogP contribution in [0.2, 0.25) is 0 Å². The Bertz CT molecular complexity index is 983. The lowest BCUT2D eigenvalue weighted by Crippen LogP contribution is -2.51. The number of alkyl halides is 2. The van der Waals surface area contributed by atoms with E-state index < -0.39 is 17.8 Å². The molecule has 154 valence electrons. The smallest absolute Gasteiger partial charge is 0.290 e. The molecule has 1 saturated heterocycles. The minimum Gasteiger partial charge on any atom is -0.389 e. The van der Waals surface area contributed by atoms with Gasteiger partial charge < -0.3 is 15.1 Å². The highest BCUT2D eigenvalue weighted by molar-refractivity contribution is 7.96. The maximum atomic E-state index is 14.5. The third kappa shape index (κ3) is 3.02. The molecule has 1 aromatic heterocycles. The van der Waals surface area contributed by atoms with Crippen molar-refractivity contribution >= 4 is 17.9 Å². The van der Waals surface area contributed by atoms with Gasteiger partial charge in [0.1, 0.15) is 5.69 Å². The van der Waals surface area contributed by atoms with E-state index in [0.29, 0.717) is 37.2 Å². The first-order chi connectivity index (χ1) is 13.8. The number of rotatable bonds is 4. The van der Waals surface area contributed by atoms with E-state index in [0.717, 1.165) is 16.7 Å². The summed E-state index contributed by atoms with van der Waals surface area (Å²) in [6, 6.07) is 5.64. The van der Waals surface area contributed by atoms with Crippen LogP contribution in [0.1, 0.15) is 35.2 Å². The van der Waals surface area contributed by atoms with Crippen LogP contribution < -0.4 is 9.62 Å². The van der Waals surface area contributed by atoms with Gasteiger partial charge in [0.15, 0.2) is 5.72 Å². The van der Waals surface area contributed by atoms with E-state index in [1.807, 2.05) is 24.5 Å². The summed E-state index contributed by atoms with van der Waals surface area (Å²) in [6.45, 7) is 0.697. The first-order valence-corrected chi connectivity index (χ1v) is 10.9. The van der Waals surface area contributed by atoms with Gasteiger partial charge in [-0.15, -0.1) is 0 Å². The molecule has 1 fully saturated rings. The Kier molecular flexibility index (Phi) is 4.36. The minimum absolute atomic E-state index is 0.194. The number of hydrogen-bond donors (Lipinski definition) is 3. The van der Waals surface area contributed by atoms with Crippen molar-refractivity contribution in [1.29, 1.82) is 0 Å². The number of hydrogen-bond acceptors (Lipinski definition) is 7. The van der Waals surface area contributed by atoms with Crippen LogP contribution in [-0.4, -0.2) is 45.6 Å². The maximum absolute atomic E-state index is 14.5. The van der Waals surface area contributed by atoms with Crippen LogP contribution in [-0.2, 0) is 24.5 Å². The SMILES string of the molecule is CSNC1(O)CCc2cc(-c3nc(N4CC(O)C4)nc4c3CCC4(F)F)ccc21. The molecule has 0 saturated carbocycles. The zero-order chi connectivity index (χ0) is 20.4. The fraction of sp³-hybridized carbons (Fsp3) is 0.500. The average Bonchev–Trinajstić information content (AvgIpc) is 3.15. The van der Waals surface area contributed by atoms with E-state index in [9.17, 15) is 19.0 Å². The lowest BCUT2D eigenvalue weighted by Gasteiger charge is -2.36. The first kappa shape index (κ1) is 19.2. The van der Waals surface area contributed by atoms with E-state index in [2.05, 4.69) is 14.7 Å². The van der Waals surface area contributed by atoms with Gasteiger partial charge in [-0.1, -0.05) is 24.1 Å². The maximum Gasteiger partial charge on any atom is 0.290 e. The standard InChI is InChI=1S/C20H22F2N4O2S/c1-29-25-20(28)7-4-11-8-12(2-3-15(11)20)16-14-5-6-19(21,22)17(14)24-18(23-16)26-9-13(27)10-26/h2-3,8,13,25,27-28H,4-7,9-10H2,1H3. The fourth-order valence-corrected chi connectivity index (χ4v) is 5.04. The number of nitrogens with zero attached hydrogens (tertiary/aromatic N) is 3. The quantitative estimate of drug-likeness (QED) is 0.517. The molecule has 3 N–H and O–H groups in total. The van der Waals surface area contributed by atoms with Crippen molar-refractivity contribution in [3.05, 3.63) is 40.6 Å². The van der Waals surface area contributed by atoms with Gasteiger partial charge in [0.25, 0.3) is 5.92 Å². The monoisotopic (exact) mass is 420 g/mol. The number of β-amino-alcohol motifs (C(OH)–C–C–N with tert-alkyl or cyclic N) is 1. The topological polar surface area (TPSA) is 81.5 Å². The zero-order valence-corrected chi connectivity index (χ0v) is 16.8. The van der Waals surface area contributed by atoms with E-state index in [-0.39, 0.29) is 24.5 Å². The Labute approximate surface area is 171 Å². The molecule has 2 aliphatic carbocycles. The summed E-state index contributed by atoms with van der Waals surface area (Å²) < 4.78 is 32.0. The van der Waals surface area contributed by atoms with Gasteiger partial charge in [-0.25, -0.2) is 14.7 Å². The molecule has 29 heavy (non-hydrogen) atoms. The van der Waals surface area contributed by atoms with E-state index >= 15 is 0 Å². The molecule has 1 aromatic carbocycles. The molecule has 2 heterocycles. The summed E-state index contributed by atoms with van der Waals surface area (Å²) >= 11 is 1.36. The van der Waals surface area contributed by atoms with E-state index in [1.165, 1.54) is 11.9 Å². The summed E-state index contributed by atoms with van der Waals surface area (Å²) in [5.74, 6) is -2.73. The fourth-order valence-electron chi connectivity index (χ4n) is 4.49. The number of aliphatic hydroxyl groups excluding tert-OH is 1. The van der Waals surface area contributed by atoms with Crippen LogP contribution in [0.25, 0.3) is 11.3 Å². The highest BCUT2D eigenvalue weighted by Gasteiger charge is 2.44. The average molecular weight is 420 g/mol. The van der Waals surface area contributed by atoms with Gasteiger partial charge in [0.2, 0.25) is 5.95 Å². The number of aromatic nitrogens is 2. The molecule has 3 aliphatic rings. The number of fused-ring (bicyclic) bond motifs is 2. The van der Waals surface area contributed by atoms with Crippen LogP contribution in [0.3, 0.4) is 0 Å². The number of halogens is 2. The van der Waals surface area contributed by atoms with Crippen LogP contribution >= 0.6 is 11.9 Å². The van der Waals surface area contributed by atoms with Crippen LogP contribution in [0.15, 0.2) is 18.2 Å². The number of aryl methyl sites for hydroxylation is 1. The van der Waals surface area contributed by atoms with Crippen molar-refractivity contribution in [3.8, 4) is 11.3 Å². The van der Waals surface area contributed by atoms with Crippen molar-refractivity contribution in [3.63, 3.8) is 0 Å². The molecule has 1 atom stereocenters. The van der Waals surface area contributed by atoms with Gasteiger partial charge in [-0.3, -0.25) is 0 Å².